The van der Waals surface area contributed by atoms with Crippen LogP contribution in [0.25, 0.3) is 0 Å². The number of carbonyl (C=O) groups is 1. The van der Waals surface area contributed by atoms with Crippen LogP contribution < -0.4 is 19.1 Å². The van der Waals surface area contributed by atoms with Crippen molar-refractivity contribution in [2.45, 2.75) is 11.8 Å². The van der Waals surface area contributed by atoms with Gasteiger partial charge in [-0.2, -0.15) is 0 Å². The predicted octanol–water partition coefficient (Wildman–Crippen LogP) is 5.45. The van der Waals surface area contributed by atoms with Crippen LogP contribution in [-0.4, -0.2) is 40.0 Å². The largest absolute Gasteiger partial charge is 0.493 e. The number of sulfonamides is 1. The third-order valence-corrected chi connectivity index (χ3v) is 8.09. The molecule has 35 heavy (non-hydrogen) atoms. The zero-order valence-electron chi connectivity index (χ0n) is 18.6. The number of methoxy groups -OCH3 is 1. The van der Waals surface area contributed by atoms with Crippen LogP contribution in [0, 0.1) is 10.1 Å². The molecule has 1 N–H and O–H groups in total. The topological polar surface area (TPSA) is 128 Å². The van der Waals surface area contributed by atoms with Gasteiger partial charge in [0.15, 0.2) is 11.5 Å². The normalized spacial score (nSPS) is 11.1. The summed E-state index contributed by atoms with van der Waals surface area (Å²) in [6.45, 7) is 2.20. The number of carbonyl (C=O) groups excluding carboxylic acids is 1. The number of benzene rings is 2. The van der Waals surface area contributed by atoms with Crippen molar-refractivity contribution in [1.29, 1.82) is 0 Å². The Hall–Kier alpha value is -3.06. The number of ether oxygens (including phenoxy) is 2. The van der Waals surface area contributed by atoms with Gasteiger partial charge in [-0.1, -0.05) is 23.2 Å². The Morgan fingerprint density at radius 2 is 1.89 bits per heavy atom. The number of halogens is 2. The van der Waals surface area contributed by atoms with Gasteiger partial charge < -0.3 is 14.8 Å². The first-order valence-corrected chi connectivity index (χ1v) is 12.8. The quantitative estimate of drug-likeness (QED) is 0.272. The van der Waals surface area contributed by atoms with E-state index in [0.29, 0.717) is 18.1 Å². The van der Waals surface area contributed by atoms with Gasteiger partial charge in [0.25, 0.3) is 21.6 Å². The molecule has 2 aromatic carbocycles. The Bertz CT molecular complexity index is 1390. The van der Waals surface area contributed by atoms with E-state index in [2.05, 4.69) is 5.32 Å². The molecule has 3 rings (SSSR count). The fraction of sp³-hybridized carbons (Fsp3) is 0.190. The molecule has 0 aliphatic heterocycles. The van der Waals surface area contributed by atoms with E-state index in [-0.39, 0.29) is 36.2 Å². The van der Waals surface area contributed by atoms with E-state index >= 15 is 0 Å². The van der Waals surface area contributed by atoms with Crippen molar-refractivity contribution >= 4 is 67.5 Å². The van der Waals surface area contributed by atoms with Gasteiger partial charge in [-0.05, 0) is 31.2 Å². The molecule has 0 unspecified atom stereocenters. The number of hydrogen-bond donors (Lipinski definition) is 1. The van der Waals surface area contributed by atoms with Crippen LogP contribution in [0.1, 0.15) is 16.6 Å². The van der Waals surface area contributed by atoms with Crippen LogP contribution in [0.3, 0.4) is 0 Å². The number of amides is 1. The second-order valence-corrected chi connectivity index (χ2v) is 11.0. The molecule has 10 nitrogen and oxygen atoms in total. The molecule has 0 atom stereocenters. The first-order chi connectivity index (χ1) is 16.5. The summed E-state index contributed by atoms with van der Waals surface area (Å²) in [6.07, 6.45) is 0. The van der Waals surface area contributed by atoms with E-state index < -0.39 is 20.9 Å². The SMILES string of the molecule is CCOc1ccc(N(C)S(=O)(=O)c2cc(Cl)sc2C(=O)Nc2cc(Cl)cc([N+](=O)[O-])c2)cc1OC. The van der Waals surface area contributed by atoms with Crippen LogP contribution in [0.15, 0.2) is 47.4 Å². The molecule has 0 spiro atoms. The number of nitro groups is 1. The summed E-state index contributed by atoms with van der Waals surface area (Å²) in [5, 5.41) is 13.5. The van der Waals surface area contributed by atoms with E-state index in [9.17, 15) is 23.3 Å². The maximum absolute atomic E-state index is 13.4. The van der Waals surface area contributed by atoms with E-state index in [1.165, 1.54) is 38.4 Å². The molecule has 14 heteroatoms. The zero-order valence-corrected chi connectivity index (χ0v) is 21.7. The van der Waals surface area contributed by atoms with Gasteiger partial charge in [-0.15, -0.1) is 11.3 Å². The summed E-state index contributed by atoms with van der Waals surface area (Å²) in [7, 11) is -1.51. The van der Waals surface area contributed by atoms with Gasteiger partial charge in [0.2, 0.25) is 0 Å². The van der Waals surface area contributed by atoms with Crippen LogP contribution in [0.5, 0.6) is 11.5 Å². The maximum Gasteiger partial charge on any atom is 0.272 e. The summed E-state index contributed by atoms with van der Waals surface area (Å²) in [4.78, 5) is 22.8. The Kier molecular flexibility index (Phi) is 8.11. The molecular formula is C21H19Cl2N3O7S2. The minimum absolute atomic E-state index is 0.0201. The minimum atomic E-state index is -4.25. The van der Waals surface area contributed by atoms with Crippen molar-refractivity contribution in [1.82, 2.24) is 0 Å². The number of nitro benzene ring substituents is 1. The molecule has 0 saturated carbocycles. The third kappa shape index (κ3) is 5.78. The summed E-state index contributed by atoms with van der Waals surface area (Å²) in [5.74, 6) is -0.0520. The monoisotopic (exact) mass is 559 g/mol. The molecule has 0 radical (unpaired) electrons. The molecule has 0 bridgehead atoms. The van der Waals surface area contributed by atoms with E-state index in [4.69, 9.17) is 32.7 Å². The highest BCUT2D eigenvalue weighted by molar-refractivity contribution is 7.93. The van der Waals surface area contributed by atoms with E-state index in [0.717, 1.165) is 27.8 Å². The van der Waals surface area contributed by atoms with Gasteiger partial charge in [0, 0.05) is 36.0 Å². The molecular weight excluding hydrogens is 541 g/mol. The van der Waals surface area contributed by atoms with Crippen LogP contribution in [0.2, 0.25) is 9.36 Å². The average Bonchev–Trinajstić information content (AvgIpc) is 3.21. The van der Waals surface area contributed by atoms with Crippen molar-refractivity contribution in [3.8, 4) is 11.5 Å². The third-order valence-electron chi connectivity index (χ3n) is 4.67. The number of rotatable bonds is 9. The highest BCUT2D eigenvalue weighted by Gasteiger charge is 2.30. The van der Waals surface area contributed by atoms with Crippen molar-refractivity contribution in [3.05, 3.63) is 66.8 Å². The van der Waals surface area contributed by atoms with Crippen LogP contribution >= 0.6 is 34.5 Å². The van der Waals surface area contributed by atoms with E-state index in [1.54, 1.807) is 13.0 Å². The van der Waals surface area contributed by atoms with Crippen molar-refractivity contribution in [2.75, 3.05) is 30.4 Å². The summed E-state index contributed by atoms with van der Waals surface area (Å²) >= 11 is 12.7. The van der Waals surface area contributed by atoms with Crippen LogP contribution in [-0.2, 0) is 10.0 Å². The minimum Gasteiger partial charge on any atom is -0.493 e. The van der Waals surface area contributed by atoms with E-state index in [1.807, 2.05) is 0 Å². The number of hydrogen-bond acceptors (Lipinski definition) is 8. The first-order valence-electron chi connectivity index (χ1n) is 9.83. The number of nitrogens with zero attached hydrogens (tertiary/aromatic N) is 2. The van der Waals surface area contributed by atoms with Crippen molar-refractivity contribution in [3.63, 3.8) is 0 Å². The van der Waals surface area contributed by atoms with Crippen molar-refractivity contribution in [2.24, 2.45) is 0 Å². The fourth-order valence-electron chi connectivity index (χ4n) is 3.05. The lowest BCUT2D eigenvalue weighted by molar-refractivity contribution is -0.384. The van der Waals surface area contributed by atoms with Gasteiger partial charge >= 0.3 is 0 Å². The average molecular weight is 560 g/mol. The standard InChI is InChI=1S/C21H19Cl2N3O7S2/c1-4-33-16-6-5-14(10-17(16)32-3)25(2)35(30,31)18-11-19(23)34-20(18)21(27)24-13-7-12(22)8-15(9-13)26(28)29/h5-11H,4H2,1-3H3,(H,24,27). The van der Waals surface area contributed by atoms with Crippen molar-refractivity contribution < 1.29 is 27.6 Å². The second-order valence-electron chi connectivity index (χ2n) is 6.89. The summed E-state index contributed by atoms with van der Waals surface area (Å²) in [6, 6.07) is 9.28. The number of thiophene rings is 1. The number of non-ortho nitro benzene ring substituents is 1. The first kappa shape index (κ1) is 26.5. The Morgan fingerprint density at radius 3 is 2.51 bits per heavy atom. The lowest BCUT2D eigenvalue weighted by Crippen LogP contribution is -2.28. The number of nitrogens with one attached hydrogen (secondary N) is 1. The van der Waals surface area contributed by atoms with Gasteiger partial charge in [-0.25, -0.2) is 8.42 Å². The molecule has 0 aliphatic rings. The Morgan fingerprint density at radius 1 is 1.17 bits per heavy atom. The lowest BCUT2D eigenvalue weighted by atomic mass is 10.2. The predicted molar refractivity (Wildman–Crippen MR) is 135 cm³/mol. The Labute approximate surface area is 215 Å². The molecule has 1 heterocycles. The summed E-state index contributed by atoms with van der Waals surface area (Å²) in [5.41, 5.74) is -0.0647. The molecule has 1 amide bonds. The lowest BCUT2D eigenvalue weighted by Gasteiger charge is -2.21. The van der Waals surface area contributed by atoms with Crippen LogP contribution in [0.4, 0.5) is 17.1 Å². The molecule has 186 valence electrons. The van der Waals surface area contributed by atoms with Gasteiger partial charge in [-0.3, -0.25) is 19.2 Å². The molecule has 3 aromatic rings. The number of anilines is 2. The molecule has 1 aromatic heterocycles. The highest BCUT2D eigenvalue weighted by Crippen LogP contribution is 2.37. The molecule has 0 saturated heterocycles. The highest BCUT2D eigenvalue weighted by atomic mass is 35.5. The smallest absolute Gasteiger partial charge is 0.272 e. The second kappa shape index (κ2) is 10.7. The summed E-state index contributed by atoms with van der Waals surface area (Å²) < 4.78 is 38.7. The fourth-order valence-corrected chi connectivity index (χ4v) is 6.15. The maximum atomic E-state index is 13.4. The molecule has 0 aliphatic carbocycles. The van der Waals surface area contributed by atoms with Gasteiger partial charge in [0.05, 0.1) is 28.7 Å². The molecule has 0 fully saturated rings. The zero-order chi connectivity index (χ0) is 25.9. The Balaban J connectivity index is 1.97. The van der Waals surface area contributed by atoms with Gasteiger partial charge in [0.1, 0.15) is 9.77 Å².